The van der Waals surface area contributed by atoms with E-state index in [1.807, 2.05) is 29.2 Å². The molecule has 0 spiro atoms. The Morgan fingerprint density at radius 1 is 1.19 bits per heavy atom. The van der Waals surface area contributed by atoms with Gasteiger partial charge in [0.1, 0.15) is 0 Å². The molecule has 0 radical (unpaired) electrons. The largest absolute Gasteiger partial charge is 0.416 e. The van der Waals surface area contributed by atoms with Crippen molar-refractivity contribution in [3.8, 4) is 0 Å². The van der Waals surface area contributed by atoms with Gasteiger partial charge in [0.15, 0.2) is 4.34 Å². The summed E-state index contributed by atoms with van der Waals surface area (Å²) in [7, 11) is 0. The minimum absolute atomic E-state index is 0.0443. The van der Waals surface area contributed by atoms with Crippen LogP contribution < -0.4 is 10.2 Å². The van der Waals surface area contributed by atoms with Crippen LogP contribution in [0.25, 0.3) is 10.2 Å². The normalized spacial score (nSPS) is 14.7. The summed E-state index contributed by atoms with van der Waals surface area (Å²) in [6, 6.07) is 11.9. The number of hydrogen-bond donors (Lipinski definition) is 1. The molecule has 1 fully saturated rings. The van der Waals surface area contributed by atoms with E-state index >= 15 is 0 Å². The highest BCUT2D eigenvalue weighted by atomic mass is 32.2. The number of ether oxygens (including phenoxy) is 1. The van der Waals surface area contributed by atoms with Crippen molar-refractivity contribution < 1.29 is 22.7 Å². The first-order chi connectivity index (χ1) is 14.9. The molecule has 164 valence electrons. The molecule has 5 nitrogen and oxygen atoms in total. The number of halogens is 3. The predicted molar refractivity (Wildman–Crippen MR) is 117 cm³/mol. The molecule has 10 heteroatoms. The van der Waals surface area contributed by atoms with Crippen LogP contribution in [-0.2, 0) is 22.3 Å². The standard InChI is InChI=1S/C21H20F3N3O2S2/c22-21(23,24)16-11-15(27-7-9-29-10-8-27)6-5-14(16)12-25-19(28)13-30-20-26-17-3-1-2-4-18(17)31-20/h1-6,11H,7-10,12-13H2,(H,25,28). The number of rotatable bonds is 6. The topological polar surface area (TPSA) is 54.5 Å². The number of fused-ring (bicyclic) bond motifs is 1. The van der Waals surface area contributed by atoms with Gasteiger partial charge < -0.3 is 15.0 Å². The number of nitrogens with zero attached hydrogens (tertiary/aromatic N) is 2. The zero-order valence-corrected chi connectivity index (χ0v) is 18.1. The number of thiazole rings is 1. The molecule has 31 heavy (non-hydrogen) atoms. The second kappa shape index (κ2) is 9.46. The average Bonchev–Trinajstić information content (AvgIpc) is 3.19. The fourth-order valence-corrected chi connectivity index (χ4v) is 5.18. The fourth-order valence-electron chi connectivity index (χ4n) is 3.29. The van der Waals surface area contributed by atoms with Crippen LogP contribution in [-0.4, -0.2) is 42.9 Å². The molecule has 1 N–H and O–H groups in total. The minimum atomic E-state index is -4.50. The molecule has 0 saturated carbocycles. The van der Waals surface area contributed by atoms with Crippen LogP contribution >= 0.6 is 23.1 Å². The van der Waals surface area contributed by atoms with Gasteiger partial charge in [0.2, 0.25) is 5.91 Å². The van der Waals surface area contributed by atoms with E-state index in [0.29, 0.717) is 32.0 Å². The highest BCUT2D eigenvalue weighted by molar-refractivity contribution is 8.01. The second-order valence-corrected chi connectivity index (χ2v) is 9.20. The number of benzene rings is 2. The Labute approximate surface area is 185 Å². The molecule has 3 aromatic rings. The molecule has 1 saturated heterocycles. The second-order valence-electron chi connectivity index (χ2n) is 6.95. The Morgan fingerprint density at radius 2 is 1.97 bits per heavy atom. The number of para-hydroxylation sites is 1. The number of thioether (sulfide) groups is 1. The van der Waals surface area contributed by atoms with Gasteiger partial charge in [-0.3, -0.25) is 4.79 Å². The first kappa shape index (κ1) is 21.9. The summed E-state index contributed by atoms with van der Waals surface area (Å²) in [6.45, 7) is 1.90. The van der Waals surface area contributed by atoms with Crippen molar-refractivity contribution in [1.82, 2.24) is 10.3 Å². The van der Waals surface area contributed by atoms with Crippen LogP contribution in [0.2, 0.25) is 0 Å². The van der Waals surface area contributed by atoms with Crippen LogP contribution in [0, 0.1) is 0 Å². The maximum Gasteiger partial charge on any atom is 0.416 e. The van der Waals surface area contributed by atoms with Crippen LogP contribution in [0.4, 0.5) is 18.9 Å². The number of anilines is 1. The van der Waals surface area contributed by atoms with Crippen molar-refractivity contribution in [2.45, 2.75) is 17.1 Å². The number of nitrogens with one attached hydrogen (secondary N) is 1. The van der Waals surface area contributed by atoms with Gasteiger partial charge in [-0.25, -0.2) is 4.98 Å². The Hall–Kier alpha value is -2.30. The highest BCUT2D eigenvalue weighted by Gasteiger charge is 2.34. The Bertz CT molecular complexity index is 1030. The van der Waals surface area contributed by atoms with Crippen molar-refractivity contribution in [2.75, 3.05) is 37.0 Å². The van der Waals surface area contributed by atoms with Crippen molar-refractivity contribution in [2.24, 2.45) is 0 Å². The van der Waals surface area contributed by atoms with Crippen molar-refractivity contribution in [1.29, 1.82) is 0 Å². The van der Waals surface area contributed by atoms with Crippen LogP contribution in [0.1, 0.15) is 11.1 Å². The summed E-state index contributed by atoms with van der Waals surface area (Å²) in [4.78, 5) is 18.5. The van der Waals surface area contributed by atoms with Crippen molar-refractivity contribution in [3.63, 3.8) is 0 Å². The molecule has 1 aliphatic rings. The first-order valence-corrected chi connectivity index (χ1v) is 11.5. The molecular formula is C21H20F3N3O2S2. The predicted octanol–water partition coefficient (Wildman–Crippen LogP) is 4.56. The number of morpholine rings is 1. The monoisotopic (exact) mass is 467 g/mol. The van der Waals surface area contributed by atoms with E-state index in [0.717, 1.165) is 20.6 Å². The third kappa shape index (κ3) is 5.50. The van der Waals surface area contributed by atoms with E-state index in [1.165, 1.54) is 29.2 Å². The summed E-state index contributed by atoms with van der Waals surface area (Å²) in [5.74, 6) is -0.248. The molecule has 0 bridgehead atoms. The van der Waals surface area contributed by atoms with Gasteiger partial charge >= 0.3 is 6.18 Å². The Kier molecular flexibility index (Phi) is 6.68. The van der Waals surface area contributed by atoms with Gasteiger partial charge in [0.25, 0.3) is 0 Å². The van der Waals surface area contributed by atoms with E-state index in [4.69, 9.17) is 4.74 Å². The van der Waals surface area contributed by atoms with E-state index in [1.54, 1.807) is 6.07 Å². The van der Waals surface area contributed by atoms with Gasteiger partial charge in [-0.1, -0.05) is 30.0 Å². The number of carbonyl (C=O) groups excluding carboxylic acids is 1. The molecule has 0 aliphatic carbocycles. The fraction of sp³-hybridized carbons (Fsp3) is 0.333. The first-order valence-electron chi connectivity index (χ1n) is 9.68. The van der Waals surface area contributed by atoms with Gasteiger partial charge in [-0.05, 0) is 29.8 Å². The highest BCUT2D eigenvalue weighted by Crippen LogP contribution is 2.35. The van der Waals surface area contributed by atoms with E-state index < -0.39 is 11.7 Å². The lowest BCUT2D eigenvalue weighted by Gasteiger charge is -2.29. The zero-order valence-electron chi connectivity index (χ0n) is 16.4. The Balaban J connectivity index is 1.38. The number of aromatic nitrogens is 1. The summed E-state index contributed by atoms with van der Waals surface area (Å²) < 4.78 is 47.9. The average molecular weight is 468 g/mol. The third-order valence-corrected chi connectivity index (χ3v) is 7.03. The SMILES string of the molecule is O=C(CSc1nc2ccccc2s1)NCc1ccc(N2CCOCC2)cc1C(F)(F)F. The van der Waals surface area contributed by atoms with Crippen LogP contribution in [0.15, 0.2) is 46.8 Å². The summed E-state index contributed by atoms with van der Waals surface area (Å²) in [5.41, 5.74) is 0.696. The smallest absolute Gasteiger partial charge is 0.378 e. The van der Waals surface area contributed by atoms with Crippen molar-refractivity contribution in [3.05, 3.63) is 53.6 Å². The van der Waals surface area contributed by atoms with Crippen molar-refractivity contribution >= 4 is 44.9 Å². The number of hydrogen-bond acceptors (Lipinski definition) is 6. The molecule has 0 atom stereocenters. The lowest BCUT2D eigenvalue weighted by molar-refractivity contribution is -0.138. The molecule has 4 rings (SSSR count). The van der Waals surface area contributed by atoms with E-state index in [9.17, 15) is 18.0 Å². The number of amides is 1. The van der Waals surface area contributed by atoms with Crippen LogP contribution in [0.5, 0.6) is 0 Å². The minimum Gasteiger partial charge on any atom is -0.378 e. The molecule has 1 amide bonds. The van der Waals surface area contributed by atoms with Gasteiger partial charge in [0.05, 0.1) is 34.7 Å². The summed E-state index contributed by atoms with van der Waals surface area (Å²) in [5, 5.41) is 2.60. The van der Waals surface area contributed by atoms with Crippen LogP contribution in [0.3, 0.4) is 0 Å². The molecule has 1 aromatic heterocycles. The number of alkyl halides is 3. The van der Waals surface area contributed by atoms with Gasteiger partial charge in [-0.2, -0.15) is 13.2 Å². The summed E-state index contributed by atoms with van der Waals surface area (Å²) >= 11 is 2.76. The molecule has 2 aromatic carbocycles. The van der Waals surface area contributed by atoms with E-state index in [-0.39, 0.29) is 23.8 Å². The molecule has 1 aliphatic heterocycles. The summed E-state index contributed by atoms with van der Waals surface area (Å²) in [6.07, 6.45) is -4.50. The third-order valence-electron chi connectivity index (χ3n) is 4.85. The quantitative estimate of drug-likeness (QED) is 0.539. The molecule has 2 heterocycles. The van der Waals surface area contributed by atoms with Gasteiger partial charge in [-0.15, -0.1) is 11.3 Å². The lowest BCUT2D eigenvalue weighted by atomic mass is 10.0. The van der Waals surface area contributed by atoms with E-state index in [2.05, 4.69) is 10.3 Å². The molecule has 0 unspecified atom stereocenters. The zero-order chi connectivity index (χ0) is 21.8. The Morgan fingerprint density at radius 3 is 2.71 bits per heavy atom. The maximum absolute atomic E-state index is 13.6. The maximum atomic E-state index is 13.6. The number of carbonyl (C=O) groups is 1. The lowest BCUT2D eigenvalue weighted by Crippen LogP contribution is -2.36. The molecular weight excluding hydrogens is 447 g/mol. The van der Waals surface area contributed by atoms with Gasteiger partial charge in [0, 0.05) is 25.3 Å².